The van der Waals surface area contributed by atoms with Gasteiger partial charge in [-0.3, -0.25) is 0 Å². The standard InChI is InChI=1S/C19H23NO/c1-4-5-8-13-21-19-12-11-16-9-6-7-10-17(16)18(19)14-20-15(2)3/h1,6-7,9-12,15,20H,5,8,13-14H2,2-3H3. The van der Waals surface area contributed by atoms with Gasteiger partial charge in [0.25, 0.3) is 0 Å². The molecule has 0 spiro atoms. The Morgan fingerprint density at radius 2 is 2.00 bits per heavy atom. The molecule has 2 nitrogen and oxygen atoms in total. The van der Waals surface area contributed by atoms with Crippen LogP contribution in [0.3, 0.4) is 0 Å². The third-order valence-corrected chi connectivity index (χ3v) is 3.41. The molecule has 110 valence electrons. The first-order valence-corrected chi connectivity index (χ1v) is 7.52. The van der Waals surface area contributed by atoms with Gasteiger partial charge in [0.15, 0.2) is 0 Å². The Kier molecular flexibility index (Phi) is 5.66. The smallest absolute Gasteiger partial charge is 0.124 e. The summed E-state index contributed by atoms with van der Waals surface area (Å²) >= 11 is 0. The molecule has 21 heavy (non-hydrogen) atoms. The minimum atomic E-state index is 0.443. The molecule has 0 saturated heterocycles. The molecule has 2 heteroatoms. The second-order valence-electron chi connectivity index (χ2n) is 5.46. The van der Waals surface area contributed by atoms with Crippen LogP contribution < -0.4 is 10.1 Å². The number of hydrogen-bond donors (Lipinski definition) is 1. The van der Waals surface area contributed by atoms with E-state index in [0.717, 1.165) is 25.1 Å². The summed E-state index contributed by atoms with van der Waals surface area (Å²) in [6.07, 6.45) is 6.92. The summed E-state index contributed by atoms with van der Waals surface area (Å²) in [6, 6.07) is 13.1. The van der Waals surface area contributed by atoms with Crippen LogP contribution in [0.4, 0.5) is 0 Å². The molecule has 0 aromatic heterocycles. The van der Waals surface area contributed by atoms with Gasteiger partial charge in [-0.1, -0.05) is 44.2 Å². The third kappa shape index (κ3) is 4.24. The van der Waals surface area contributed by atoms with Gasteiger partial charge in [0, 0.05) is 24.6 Å². The van der Waals surface area contributed by atoms with Gasteiger partial charge in [-0.05, 0) is 23.3 Å². The number of hydrogen-bond acceptors (Lipinski definition) is 2. The van der Waals surface area contributed by atoms with Crippen LogP contribution in [0.15, 0.2) is 36.4 Å². The topological polar surface area (TPSA) is 21.3 Å². The van der Waals surface area contributed by atoms with E-state index in [0.29, 0.717) is 12.6 Å². The van der Waals surface area contributed by atoms with E-state index in [4.69, 9.17) is 11.2 Å². The Balaban J connectivity index is 2.25. The van der Waals surface area contributed by atoms with Crippen molar-refractivity contribution < 1.29 is 4.74 Å². The van der Waals surface area contributed by atoms with Crippen LogP contribution in [-0.4, -0.2) is 12.6 Å². The van der Waals surface area contributed by atoms with E-state index < -0.39 is 0 Å². The van der Waals surface area contributed by atoms with E-state index in [-0.39, 0.29) is 0 Å². The fourth-order valence-electron chi connectivity index (χ4n) is 2.30. The lowest BCUT2D eigenvalue weighted by Crippen LogP contribution is -2.22. The summed E-state index contributed by atoms with van der Waals surface area (Å²) in [5.74, 6) is 3.60. The van der Waals surface area contributed by atoms with Crippen LogP contribution >= 0.6 is 0 Å². The first kappa shape index (κ1) is 15.4. The van der Waals surface area contributed by atoms with E-state index in [1.165, 1.54) is 16.3 Å². The van der Waals surface area contributed by atoms with Crippen molar-refractivity contribution in [1.29, 1.82) is 0 Å². The summed E-state index contributed by atoms with van der Waals surface area (Å²) in [6.45, 7) is 5.78. The van der Waals surface area contributed by atoms with Gasteiger partial charge in [0.05, 0.1) is 6.61 Å². The summed E-state index contributed by atoms with van der Waals surface area (Å²) in [5, 5.41) is 5.98. The van der Waals surface area contributed by atoms with Crippen molar-refractivity contribution >= 4 is 10.8 Å². The van der Waals surface area contributed by atoms with Gasteiger partial charge < -0.3 is 10.1 Å². The van der Waals surface area contributed by atoms with E-state index >= 15 is 0 Å². The van der Waals surface area contributed by atoms with E-state index in [9.17, 15) is 0 Å². The molecule has 1 N–H and O–H groups in total. The van der Waals surface area contributed by atoms with Crippen LogP contribution in [-0.2, 0) is 6.54 Å². The number of unbranched alkanes of at least 4 members (excludes halogenated alkanes) is 1. The van der Waals surface area contributed by atoms with Crippen LogP contribution in [0.5, 0.6) is 5.75 Å². The van der Waals surface area contributed by atoms with Crippen LogP contribution in [0.1, 0.15) is 32.3 Å². The average molecular weight is 281 g/mol. The summed E-state index contributed by atoms with van der Waals surface area (Å²) in [7, 11) is 0. The maximum Gasteiger partial charge on any atom is 0.124 e. The lowest BCUT2D eigenvalue weighted by molar-refractivity contribution is 0.309. The molecule has 0 radical (unpaired) electrons. The number of rotatable bonds is 7. The Bertz CT molecular complexity index is 625. The Morgan fingerprint density at radius 1 is 1.19 bits per heavy atom. The van der Waals surface area contributed by atoms with Crippen molar-refractivity contribution in [3.8, 4) is 18.1 Å². The molecule has 0 aliphatic heterocycles. The highest BCUT2D eigenvalue weighted by Gasteiger charge is 2.09. The van der Waals surface area contributed by atoms with E-state index in [1.54, 1.807) is 0 Å². The first-order chi connectivity index (χ1) is 10.2. The van der Waals surface area contributed by atoms with Crippen LogP contribution in [0.2, 0.25) is 0 Å². The van der Waals surface area contributed by atoms with Crippen molar-refractivity contribution in [1.82, 2.24) is 5.32 Å². The highest BCUT2D eigenvalue weighted by Crippen LogP contribution is 2.28. The second-order valence-corrected chi connectivity index (χ2v) is 5.46. The zero-order chi connectivity index (χ0) is 15.1. The van der Waals surface area contributed by atoms with Crippen molar-refractivity contribution in [3.63, 3.8) is 0 Å². The monoisotopic (exact) mass is 281 g/mol. The predicted octanol–water partition coefficient (Wildman–Crippen LogP) is 4.13. The van der Waals surface area contributed by atoms with Crippen molar-refractivity contribution in [2.75, 3.05) is 6.61 Å². The fourth-order valence-corrected chi connectivity index (χ4v) is 2.30. The second kappa shape index (κ2) is 7.71. The predicted molar refractivity (Wildman–Crippen MR) is 89.5 cm³/mol. The van der Waals surface area contributed by atoms with Gasteiger partial charge in [0.1, 0.15) is 5.75 Å². The lowest BCUT2D eigenvalue weighted by Gasteiger charge is -2.16. The molecule has 0 amide bonds. The summed E-state index contributed by atoms with van der Waals surface area (Å²) in [5.41, 5.74) is 1.22. The SMILES string of the molecule is C#CCCCOc1ccc2ccccc2c1CNC(C)C. The highest BCUT2D eigenvalue weighted by atomic mass is 16.5. The molecular weight excluding hydrogens is 258 g/mol. The number of nitrogens with one attached hydrogen (secondary N) is 1. The molecule has 2 aromatic carbocycles. The van der Waals surface area contributed by atoms with Crippen LogP contribution in [0, 0.1) is 12.3 Å². The van der Waals surface area contributed by atoms with Crippen molar-refractivity contribution in [3.05, 3.63) is 42.0 Å². The molecule has 0 saturated carbocycles. The van der Waals surface area contributed by atoms with E-state index in [2.05, 4.69) is 61.5 Å². The van der Waals surface area contributed by atoms with Gasteiger partial charge in [-0.15, -0.1) is 12.3 Å². The number of ether oxygens (including phenoxy) is 1. The maximum atomic E-state index is 5.94. The molecule has 0 fully saturated rings. The normalized spacial score (nSPS) is 10.8. The number of terminal acetylenes is 1. The lowest BCUT2D eigenvalue weighted by atomic mass is 10.0. The minimum Gasteiger partial charge on any atom is -0.493 e. The first-order valence-electron chi connectivity index (χ1n) is 7.52. The third-order valence-electron chi connectivity index (χ3n) is 3.41. The Labute approximate surface area is 127 Å². The average Bonchev–Trinajstić information content (AvgIpc) is 2.49. The summed E-state index contributed by atoms with van der Waals surface area (Å²) in [4.78, 5) is 0. The highest BCUT2D eigenvalue weighted by molar-refractivity contribution is 5.87. The molecule has 2 rings (SSSR count). The number of benzene rings is 2. The van der Waals surface area contributed by atoms with E-state index in [1.807, 2.05) is 0 Å². The fraction of sp³-hybridized carbons (Fsp3) is 0.368. The van der Waals surface area contributed by atoms with Gasteiger partial charge in [-0.2, -0.15) is 0 Å². The van der Waals surface area contributed by atoms with Crippen molar-refractivity contribution in [2.45, 2.75) is 39.3 Å². The Hall–Kier alpha value is -1.98. The summed E-state index contributed by atoms with van der Waals surface area (Å²) < 4.78 is 5.94. The van der Waals surface area contributed by atoms with Crippen LogP contribution in [0.25, 0.3) is 10.8 Å². The van der Waals surface area contributed by atoms with Crippen molar-refractivity contribution in [2.24, 2.45) is 0 Å². The largest absolute Gasteiger partial charge is 0.493 e. The Morgan fingerprint density at radius 3 is 2.76 bits per heavy atom. The number of fused-ring (bicyclic) bond motifs is 1. The zero-order valence-electron chi connectivity index (χ0n) is 12.9. The molecule has 0 unspecified atom stereocenters. The molecule has 0 aliphatic carbocycles. The van der Waals surface area contributed by atoms with Gasteiger partial charge in [-0.25, -0.2) is 0 Å². The maximum absolute atomic E-state index is 5.94. The zero-order valence-corrected chi connectivity index (χ0v) is 12.9. The molecule has 0 heterocycles. The molecule has 0 aliphatic rings. The quantitative estimate of drug-likeness (QED) is 0.608. The molecule has 2 aromatic rings. The van der Waals surface area contributed by atoms with Gasteiger partial charge in [0.2, 0.25) is 0 Å². The molecule has 0 bridgehead atoms. The van der Waals surface area contributed by atoms with Gasteiger partial charge >= 0.3 is 0 Å². The molecular formula is C19H23NO. The molecule has 0 atom stereocenters. The minimum absolute atomic E-state index is 0.443.